The maximum Gasteiger partial charge on any atom is 0.228 e. The van der Waals surface area contributed by atoms with Crippen molar-refractivity contribution < 1.29 is 4.74 Å². The predicted molar refractivity (Wildman–Crippen MR) is 75.7 cm³/mol. The van der Waals surface area contributed by atoms with Crippen LogP contribution in [-0.2, 0) is 4.74 Å². The molecule has 0 aromatic carbocycles. The van der Waals surface area contributed by atoms with Crippen molar-refractivity contribution in [2.45, 2.75) is 26.2 Å². The van der Waals surface area contributed by atoms with Crippen molar-refractivity contribution in [1.82, 2.24) is 15.0 Å². The van der Waals surface area contributed by atoms with Crippen LogP contribution < -0.4 is 10.6 Å². The first-order chi connectivity index (χ1) is 9.28. The van der Waals surface area contributed by atoms with Gasteiger partial charge in [-0.2, -0.15) is 15.0 Å². The number of rotatable bonds is 9. The van der Waals surface area contributed by atoms with E-state index in [2.05, 4.69) is 32.5 Å². The van der Waals surface area contributed by atoms with E-state index in [0.29, 0.717) is 25.0 Å². The van der Waals surface area contributed by atoms with E-state index in [9.17, 15) is 0 Å². The molecule has 0 amide bonds. The summed E-state index contributed by atoms with van der Waals surface area (Å²) in [5.74, 6) is 1.77. The van der Waals surface area contributed by atoms with Gasteiger partial charge in [0.1, 0.15) is 0 Å². The Hall–Kier alpha value is -1.14. The van der Waals surface area contributed by atoms with Gasteiger partial charge in [0.25, 0.3) is 0 Å². The molecule has 0 saturated heterocycles. The van der Waals surface area contributed by atoms with Crippen molar-refractivity contribution in [3.8, 4) is 0 Å². The average Bonchev–Trinajstić information content (AvgIpc) is 3.19. The van der Waals surface area contributed by atoms with Crippen LogP contribution in [0.1, 0.15) is 26.2 Å². The summed E-state index contributed by atoms with van der Waals surface area (Å²) in [5.41, 5.74) is 0. The monoisotopic (exact) mass is 285 g/mol. The number of hydrogen-bond donors (Lipinski definition) is 2. The summed E-state index contributed by atoms with van der Waals surface area (Å²) in [6.07, 6.45) is 3.62. The van der Waals surface area contributed by atoms with Gasteiger partial charge in [0.05, 0.1) is 6.61 Å². The van der Waals surface area contributed by atoms with E-state index in [0.717, 1.165) is 25.5 Å². The molecule has 0 atom stereocenters. The Bertz CT molecular complexity index is 400. The topological polar surface area (TPSA) is 72.0 Å². The molecule has 19 heavy (non-hydrogen) atoms. The molecule has 2 N–H and O–H groups in total. The minimum atomic E-state index is 0.190. The van der Waals surface area contributed by atoms with Gasteiger partial charge in [-0.25, -0.2) is 0 Å². The van der Waals surface area contributed by atoms with Crippen LogP contribution in [0.3, 0.4) is 0 Å². The van der Waals surface area contributed by atoms with E-state index >= 15 is 0 Å². The number of aromatic nitrogens is 3. The first kappa shape index (κ1) is 14.3. The molecule has 0 unspecified atom stereocenters. The molecule has 0 radical (unpaired) electrons. The lowest BCUT2D eigenvalue weighted by atomic mass is 10.5. The molecule has 106 valence electrons. The molecule has 0 spiro atoms. The van der Waals surface area contributed by atoms with Crippen LogP contribution in [0.5, 0.6) is 0 Å². The largest absolute Gasteiger partial charge is 0.379 e. The van der Waals surface area contributed by atoms with Crippen LogP contribution in [0, 0.1) is 5.92 Å². The lowest BCUT2D eigenvalue weighted by Crippen LogP contribution is -2.14. The van der Waals surface area contributed by atoms with Crippen molar-refractivity contribution in [3.05, 3.63) is 5.28 Å². The van der Waals surface area contributed by atoms with Gasteiger partial charge in [-0.3, -0.25) is 0 Å². The molecule has 6 nitrogen and oxygen atoms in total. The number of ether oxygens (including phenoxy) is 1. The summed E-state index contributed by atoms with van der Waals surface area (Å²) in [6, 6.07) is 0. The minimum Gasteiger partial charge on any atom is -0.379 e. The number of nitrogens with one attached hydrogen (secondary N) is 2. The van der Waals surface area contributed by atoms with Crippen LogP contribution in [0.25, 0.3) is 0 Å². The van der Waals surface area contributed by atoms with Gasteiger partial charge in [-0.1, -0.05) is 6.92 Å². The van der Waals surface area contributed by atoms with Crippen molar-refractivity contribution in [2.24, 2.45) is 5.92 Å². The normalized spacial score (nSPS) is 14.4. The zero-order valence-electron chi connectivity index (χ0n) is 11.2. The molecular formula is C12H20ClN5O. The Morgan fingerprint density at radius 3 is 2.47 bits per heavy atom. The fraction of sp³-hybridized carbons (Fsp3) is 0.750. The molecule has 1 heterocycles. The Balaban J connectivity index is 1.72. The molecule has 1 saturated carbocycles. The van der Waals surface area contributed by atoms with E-state index < -0.39 is 0 Å². The molecule has 1 aromatic heterocycles. The maximum absolute atomic E-state index is 5.85. The van der Waals surface area contributed by atoms with Crippen molar-refractivity contribution in [1.29, 1.82) is 0 Å². The number of anilines is 2. The van der Waals surface area contributed by atoms with Gasteiger partial charge in [0, 0.05) is 19.7 Å². The second-order valence-corrected chi connectivity index (χ2v) is 4.96. The first-order valence-corrected chi connectivity index (χ1v) is 7.12. The van der Waals surface area contributed by atoms with E-state index in [-0.39, 0.29) is 5.28 Å². The van der Waals surface area contributed by atoms with E-state index in [1.165, 1.54) is 12.8 Å². The van der Waals surface area contributed by atoms with Crippen LogP contribution in [0.2, 0.25) is 5.28 Å². The second kappa shape index (κ2) is 7.45. The highest BCUT2D eigenvalue weighted by Gasteiger charge is 2.20. The Morgan fingerprint density at radius 1 is 1.16 bits per heavy atom. The average molecular weight is 286 g/mol. The van der Waals surface area contributed by atoms with E-state index in [4.69, 9.17) is 16.3 Å². The molecule has 1 aliphatic carbocycles. The van der Waals surface area contributed by atoms with Gasteiger partial charge in [-0.15, -0.1) is 0 Å². The van der Waals surface area contributed by atoms with Gasteiger partial charge in [0.2, 0.25) is 17.2 Å². The first-order valence-electron chi connectivity index (χ1n) is 6.75. The second-order valence-electron chi connectivity index (χ2n) is 4.62. The Morgan fingerprint density at radius 2 is 1.84 bits per heavy atom. The van der Waals surface area contributed by atoms with Crippen LogP contribution >= 0.6 is 11.6 Å². The molecular weight excluding hydrogens is 266 g/mol. The van der Waals surface area contributed by atoms with Crippen molar-refractivity contribution in [3.63, 3.8) is 0 Å². The highest BCUT2D eigenvalue weighted by molar-refractivity contribution is 6.28. The van der Waals surface area contributed by atoms with Gasteiger partial charge in [-0.05, 0) is 36.8 Å². The third kappa shape index (κ3) is 5.57. The third-order valence-corrected chi connectivity index (χ3v) is 2.89. The van der Waals surface area contributed by atoms with Gasteiger partial charge < -0.3 is 15.4 Å². The quantitative estimate of drug-likeness (QED) is 0.678. The van der Waals surface area contributed by atoms with Crippen LogP contribution in [0.4, 0.5) is 11.9 Å². The molecule has 7 heteroatoms. The smallest absolute Gasteiger partial charge is 0.228 e. The fourth-order valence-corrected chi connectivity index (χ4v) is 1.67. The maximum atomic E-state index is 5.85. The number of nitrogens with zero attached hydrogens (tertiary/aromatic N) is 3. The standard InChI is InChI=1S/C12H20ClN5O/c1-2-5-14-11-16-10(13)17-12(18-11)15-6-7-19-8-9-3-4-9/h9H,2-8H2,1H3,(H2,14,15,16,17,18). The van der Waals surface area contributed by atoms with E-state index in [1.807, 2.05) is 0 Å². The highest BCUT2D eigenvalue weighted by Crippen LogP contribution is 2.28. The lowest BCUT2D eigenvalue weighted by molar-refractivity contribution is 0.133. The zero-order valence-corrected chi connectivity index (χ0v) is 11.9. The van der Waals surface area contributed by atoms with Gasteiger partial charge >= 0.3 is 0 Å². The van der Waals surface area contributed by atoms with Gasteiger partial charge in [0.15, 0.2) is 0 Å². The summed E-state index contributed by atoms with van der Waals surface area (Å²) in [6.45, 7) is 5.07. The summed E-state index contributed by atoms with van der Waals surface area (Å²) in [5, 5.41) is 6.36. The summed E-state index contributed by atoms with van der Waals surface area (Å²) in [7, 11) is 0. The number of halogens is 1. The summed E-state index contributed by atoms with van der Waals surface area (Å²) < 4.78 is 5.52. The summed E-state index contributed by atoms with van der Waals surface area (Å²) >= 11 is 5.85. The molecule has 1 fully saturated rings. The number of hydrogen-bond acceptors (Lipinski definition) is 6. The highest BCUT2D eigenvalue weighted by atomic mass is 35.5. The SMILES string of the molecule is CCCNc1nc(Cl)nc(NCCOCC2CC2)n1. The van der Waals surface area contributed by atoms with Crippen LogP contribution in [0.15, 0.2) is 0 Å². The van der Waals surface area contributed by atoms with Crippen molar-refractivity contribution >= 4 is 23.5 Å². The molecule has 0 bridgehead atoms. The molecule has 0 aliphatic heterocycles. The lowest BCUT2D eigenvalue weighted by Gasteiger charge is -2.08. The Labute approximate surface area is 118 Å². The molecule has 1 aliphatic rings. The summed E-state index contributed by atoms with van der Waals surface area (Å²) in [4.78, 5) is 12.3. The molecule has 1 aromatic rings. The zero-order chi connectivity index (χ0) is 13.5. The van der Waals surface area contributed by atoms with Crippen molar-refractivity contribution in [2.75, 3.05) is 36.9 Å². The van der Waals surface area contributed by atoms with Crippen LogP contribution in [-0.4, -0.2) is 41.3 Å². The van der Waals surface area contributed by atoms with E-state index in [1.54, 1.807) is 0 Å². The predicted octanol–water partition coefficient (Wildman–Crippen LogP) is 2.19. The fourth-order valence-electron chi connectivity index (χ4n) is 1.51. The third-order valence-electron chi connectivity index (χ3n) is 2.72. The minimum absolute atomic E-state index is 0.190. The Kier molecular flexibility index (Phi) is 5.60. The molecule has 2 rings (SSSR count).